The third kappa shape index (κ3) is 2.69. The summed E-state index contributed by atoms with van der Waals surface area (Å²) >= 11 is 9.58. The van der Waals surface area contributed by atoms with Gasteiger partial charge in [-0.2, -0.15) is 0 Å². The van der Waals surface area contributed by atoms with Gasteiger partial charge in [0.15, 0.2) is 0 Å². The first-order chi connectivity index (χ1) is 9.95. The maximum absolute atomic E-state index is 13.2. The van der Waals surface area contributed by atoms with E-state index in [1.807, 2.05) is 6.07 Å². The summed E-state index contributed by atoms with van der Waals surface area (Å²) < 4.78 is 13.8. The van der Waals surface area contributed by atoms with E-state index in [-0.39, 0.29) is 11.7 Å². The number of halogens is 3. The molecule has 1 amide bonds. The summed E-state index contributed by atoms with van der Waals surface area (Å²) in [6.07, 6.45) is 0.316. The number of benzene rings is 2. The maximum atomic E-state index is 13.2. The topological polar surface area (TPSA) is 55.1 Å². The molecule has 3 nitrogen and oxygen atoms in total. The molecule has 0 radical (unpaired) electrons. The second-order valence-electron chi connectivity index (χ2n) is 4.90. The number of fused-ring (bicyclic) bond motifs is 1. The Hall–Kier alpha value is -1.43. The zero-order chi connectivity index (χ0) is 15.1. The Labute approximate surface area is 134 Å². The highest BCUT2D eigenvalue weighted by Crippen LogP contribution is 2.36. The number of anilines is 1. The van der Waals surface area contributed by atoms with Crippen LogP contribution in [0.5, 0.6) is 0 Å². The van der Waals surface area contributed by atoms with Crippen LogP contribution in [0, 0.1) is 5.82 Å². The van der Waals surface area contributed by atoms with Gasteiger partial charge >= 0.3 is 0 Å². The molecule has 0 aromatic heterocycles. The molecule has 1 atom stereocenters. The number of nitrogens with two attached hydrogens (primary N) is 1. The molecular formula is C15H11BrClFN2O. The number of nitrogens with one attached hydrogen (secondary N) is 1. The molecular weight excluding hydrogens is 359 g/mol. The van der Waals surface area contributed by atoms with E-state index in [0.29, 0.717) is 21.5 Å². The van der Waals surface area contributed by atoms with E-state index in [0.717, 1.165) is 16.8 Å². The lowest BCUT2D eigenvalue weighted by Gasteiger charge is -2.17. The Morgan fingerprint density at radius 1 is 1.29 bits per heavy atom. The zero-order valence-electron chi connectivity index (χ0n) is 10.8. The Bertz CT molecular complexity index is 751. The van der Waals surface area contributed by atoms with Crippen molar-refractivity contribution < 1.29 is 9.18 Å². The van der Waals surface area contributed by atoms with Gasteiger partial charge in [-0.25, -0.2) is 4.39 Å². The smallest absolute Gasteiger partial charge is 0.228 e. The fourth-order valence-electron chi connectivity index (χ4n) is 2.43. The SMILES string of the molecule is NC(c1cc2c(cc1Cl)NC(=O)C2)c1ccc(F)cc1Br. The van der Waals surface area contributed by atoms with Crippen molar-refractivity contribution in [1.82, 2.24) is 0 Å². The second kappa shape index (κ2) is 5.40. The van der Waals surface area contributed by atoms with Crippen LogP contribution >= 0.6 is 27.5 Å². The van der Waals surface area contributed by atoms with Crippen LogP contribution in [0.1, 0.15) is 22.7 Å². The molecule has 0 spiro atoms. The molecule has 1 aliphatic heterocycles. The monoisotopic (exact) mass is 368 g/mol. The predicted octanol–water partition coefficient (Wildman–Crippen LogP) is 3.78. The van der Waals surface area contributed by atoms with Crippen LogP contribution in [0.15, 0.2) is 34.8 Å². The molecule has 3 rings (SSSR count). The van der Waals surface area contributed by atoms with Gasteiger partial charge in [-0.05, 0) is 41.0 Å². The summed E-state index contributed by atoms with van der Waals surface area (Å²) in [6, 6.07) is 7.36. The minimum atomic E-state index is -0.506. The average molecular weight is 370 g/mol. The van der Waals surface area contributed by atoms with E-state index in [1.165, 1.54) is 12.1 Å². The molecule has 0 fully saturated rings. The molecule has 3 N–H and O–H groups in total. The lowest BCUT2D eigenvalue weighted by molar-refractivity contribution is -0.115. The van der Waals surface area contributed by atoms with Crippen LogP contribution in [0.25, 0.3) is 0 Å². The Balaban J connectivity index is 2.04. The van der Waals surface area contributed by atoms with Crippen LogP contribution in [0.2, 0.25) is 5.02 Å². The second-order valence-corrected chi connectivity index (χ2v) is 6.16. The highest BCUT2D eigenvalue weighted by Gasteiger charge is 2.23. The molecule has 2 aromatic rings. The third-order valence-corrected chi connectivity index (χ3v) is 4.49. The van der Waals surface area contributed by atoms with Crippen molar-refractivity contribution >= 4 is 39.1 Å². The Kier molecular flexibility index (Phi) is 3.73. The Morgan fingerprint density at radius 3 is 2.76 bits per heavy atom. The van der Waals surface area contributed by atoms with Gasteiger partial charge in [0, 0.05) is 15.2 Å². The predicted molar refractivity (Wildman–Crippen MR) is 83.9 cm³/mol. The summed E-state index contributed by atoms with van der Waals surface area (Å²) in [6.45, 7) is 0. The minimum absolute atomic E-state index is 0.0604. The lowest BCUT2D eigenvalue weighted by Crippen LogP contribution is -2.13. The standard InChI is InChI=1S/C15H11BrClFN2O/c16-11-5-8(18)1-2-9(11)15(19)10-3-7-4-14(21)20-13(7)6-12(10)17/h1-3,5-6,15H,4,19H2,(H,20,21). The van der Waals surface area contributed by atoms with E-state index in [9.17, 15) is 9.18 Å². The fourth-order valence-corrected chi connectivity index (χ4v) is 3.31. The molecule has 0 aliphatic carbocycles. The molecule has 2 aromatic carbocycles. The number of rotatable bonds is 2. The summed E-state index contributed by atoms with van der Waals surface area (Å²) in [5.74, 6) is -0.401. The maximum Gasteiger partial charge on any atom is 0.228 e. The van der Waals surface area contributed by atoms with E-state index in [1.54, 1.807) is 12.1 Å². The molecule has 6 heteroatoms. The third-order valence-electron chi connectivity index (χ3n) is 3.48. The van der Waals surface area contributed by atoms with Gasteiger partial charge in [0.25, 0.3) is 0 Å². The largest absolute Gasteiger partial charge is 0.325 e. The number of carbonyl (C=O) groups excluding carboxylic acids is 1. The highest BCUT2D eigenvalue weighted by molar-refractivity contribution is 9.10. The first-order valence-electron chi connectivity index (χ1n) is 6.28. The van der Waals surface area contributed by atoms with Gasteiger partial charge in [0.05, 0.1) is 12.5 Å². The van der Waals surface area contributed by atoms with Crippen molar-refractivity contribution in [2.24, 2.45) is 5.73 Å². The van der Waals surface area contributed by atoms with E-state index >= 15 is 0 Å². The van der Waals surface area contributed by atoms with Crippen molar-refractivity contribution in [2.45, 2.75) is 12.5 Å². The van der Waals surface area contributed by atoms with Crippen molar-refractivity contribution in [3.63, 3.8) is 0 Å². The molecule has 0 saturated heterocycles. The number of carbonyl (C=O) groups is 1. The highest BCUT2D eigenvalue weighted by atomic mass is 79.9. The quantitative estimate of drug-likeness (QED) is 0.846. The number of amides is 1. The Morgan fingerprint density at radius 2 is 2.05 bits per heavy atom. The fraction of sp³-hybridized carbons (Fsp3) is 0.133. The van der Waals surface area contributed by atoms with Crippen LogP contribution in [-0.4, -0.2) is 5.91 Å². The van der Waals surface area contributed by atoms with Gasteiger partial charge < -0.3 is 11.1 Å². The summed E-state index contributed by atoms with van der Waals surface area (Å²) in [5, 5.41) is 3.21. The van der Waals surface area contributed by atoms with Crippen LogP contribution in [0.4, 0.5) is 10.1 Å². The van der Waals surface area contributed by atoms with Crippen molar-refractivity contribution in [1.29, 1.82) is 0 Å². The number of hydrogen-bond donors (Lipinski definition) is 2. The first-order valence-corrected chi connectivity index (χ1v) is 7.45. The normalized spacial score (nSPS) is 14.8. The van der Waals surface area contributed by atoms with Crippen LogP contribution < -0.4 is 11.1 Å². The molecule has 0 bridgehead atoms. The van der Waals surface area contributed by atoms with Crippen molar-refractivity contribution in [3.05, 3.63) is 62.3 Å². The van der Waals surface area contributed by atoms with Crippen LogP contribution in [0.3, 0.4) is 0 Å². The van der Waals surface area contributed by atoms with Gasteiger partial charge in [-0.1, -0.05) is 33.6 Å². The summed E-state index contributed by atoms with van der Waals surface area (Å²) in [4.78, 5) is 11.4. The van der Waals surface area contributed by atoms with Gasteiger partial charge in [0.2, 0.25) is 5.91 Å². The molecule has 108 valence electrons. The van der Waals surface area contributed by atoms with Gasteiger partial charge in [0.1, 0.15) is 5.82 Å². The van der Waals surface area contributed by atoms with E-state index in [2.05, 4.69) is 21.2 Å². The average Bonchev–Trinajstić information content (AvgIpc) is 2.76. The van der Waals surface area contributed by atoms with Gasteiger partial charge in [-0.3, -0.25) is 4.79 Å². The van der Waals surface area contributed by atoms with E-state index in [4.69, 9.17) is 17.3 Å². The first kappa shape index (κ1) is 14.5. The summed E-state index contributed by atoms with van der Waals surface area (Å²) in [5.41, 5.74) is 9.28. The summed E-state index contributed by atoms with van der Waals surface area (Å²) in [7, 11) is 0. The van der Waals surface area contributed by atoms with Crippen molar-refractivity contribution in [3.8, 4) is 0 Å². The minimum Gasteiger partial charge on any atom is -0.325 e. The van der Waals surface area contributed by atoms with Crippen LogP contribution in [-0.2, 0) is 11.2 Å². The zero-order valence-corrected chi connectivity index (χ0v) is 13.1. The van der Waals surface area contributed by atoms with Gasteiger partial charge in [-0.15, -0.1) is 0 Å². The molecule has 0 saturated carbocycles. The lowest BCUT2D eigenvalue weighted by atomic mass is 9.97. The molecule has 1 aliphatic rings. The molecule has 1 unspecified atom stereocenters. The molecule has 1 heterocycles. The molecule has 21 heavy (non-hydrogen) atoms. The van der Waals surface area contributed by atoms with E-state index < -0.39 is 6.04 Å². The van der Waals surface area contributed by atoms with Crippen molar-refractivity contribution in [2.75, 3.05) is 5.32 Å². The number of hydrogen-bond acceptors (Lipinski definition) is 2.